The number of likely N-dealkylation sites (N-methyl/N-ethyl adjacent to an activating group) is 1. The van der Waals surface area contributed by atoms with E-state index in [2.05, 4.69) is 20.6 Å². The van der Waals surface area contributed by atoms with Crippen LogP contribution >= 0.6 is 0 Å². The van der Waals surface area contributed by atoms with E-state index >= 15 is 0 Å². The zero-order valence-corrected chi connectivity index (χ0v) is 16.9. The highest BCUT2D eigenvalue weighted by Gasteiger charge is 2.50. The van der Waals surface area contributed by atoms with E-state index in [4.69, 9.17) is 4.74 Å². The topological polar surface area (TPSA) is 117 Å². The van der Waals surface area contributed by atoms with Gasteiger partial charge in [-0.1, -0.05) is 30.3 Å². The minimum absolute atomic E-state index is 0.224. The average molecular weight is 411 g/mol. The fourth-order valence-corrected chi connectivity index (χ4v) is 3.00. The number of nitrogens with zero attached hydrogens (tertiary/aromatic N) is 3. The SMILES string of the molecule is CN(C)C(=O)[C@H](Cc1ccccc1)NC(=O)[C@H]1O[C@@H]1C(=O)NCCc1cnccn1. The van der Waals surface area contributed by atoms with E-state index in [1.807, 2.05) is 30.3 Å². The van der Waals surface area contributed by atoms with Gasteiger partial charge in [0.25, 0.3) is 11.8 Å². The number of amides is 3. The molecule has 2 aromatic rings. The molecule has 0 radical (unpaired) electrons. The number of carbonyl (C=O) groups excluding carboxylic acids is 3. The molecule has 9 heteroatoms. The Labute approximate surface area is 174 Å². The predicted octanol–water partition coefficient (Wildman–Crippen LogP) is -0.282. The number of rotatable bonds is 9. The molecule has 0 bridgehead atoms. The van der Waals surface area contributed by atoms with Gasteiger partial charge in [-0.2, -0.15) is 0 Å². The Morgan fingerprint density at radius 2 is 1.83 bits per heavy atom. The highest BCUT2D eigenvalue weighted by Crippen LogP contribution is 2.22. The smallest absolute Gasteiger partial charge is 0.253 e. The molecule has 158 valence electrons. The van der Waals surface area contributed by atoms with Gasteiger partial charge in [-0.3, -0.25) is 24.4 Å². The Bertz CT molecular complexity index is 875. The Kier molecular flexibility index (Phi) is 7.08. The van der Waals surface area contributed by atoms with Crippen LogP contribution in [0.25, 0.3) is 0 Å². The summed E-state index contributed by atoms with van der Waals surface area (Å²) in [5, 5.41) is 5.45. The molecular formula is C21H25N5O4. The molecule has 1 aromatic carbocycles. The van der Waals surface area contributed by atoms with E-state index in [1.165, 1.54) is 4.90 Å². The Morgan fingerprint density at radius 3 is 2.50 bits per heavy atom. The molecule has 2 N–H and O–H groups in total. The highest BCUT2D eigenvalue weighted by molar-refractivity contribution is 5.97. The highest BCUT2D eigenvalue weighted by atomic mass is 16.6. The van der Waals surface area contributed by atoms with E-state index in [0.717, 1.165) is 11.3 Å². The lowest BCUT2D eigenvalue weighted by Gasteiger charge is -2.21. The molecule has 1 saturated heterocycles. The van der Waals surface area contributed by atoms with Crippen LogP contribution < -0.4 is 10.6 Å². The first-order valence-electron chi connectivity index (χ1n) is 9.69. The van der Waals surface area contributed by atoms with Crippen LogP contribution in [0.15, 0.2) is 48.9 Å². The van der Waals surface area contributed by atoms with E-state index < -0.39 is 24.2 Å². The zero-order valence-electron chi connectivity index (χ0n) is 16.9. The summed E-state index contributed by atoms with van der Waals surface area (Å²) in [6.45, 7) is 0.363. The molecule has 30 heavy (non-hydrogen) atoms. The van der Waals surface area contributed by atoms with Gasteiger partial charge in [0.15, 0.2) is 12.2 Å². The van der Waals surface area contributed by atoms with Gasteiger partial charge >= 0.3 is 0 Å². The number of hydrogen-bond donors (Lipinski definition) is 2. The lowest BCUT2D eigenvalue weighted by atomic mass is 10.0. The van der Waals surface area contributed by atoms with Crippen LogP contribution in [0.1, 0.15) is 11.3 Å². The van der Waals surface area contributed by atoms with E-state index in [-0.39, 0.29) is 11.8 Å². The van der Waals surface area contributed by atoms with Gasteiger partial charge in [0, 0.05) is 52.1 Å². The minimum Gasteiger partial charge on any atom is -0.353 e. The van der Waals surface area contributed by atoms with Crippen molar-refractivity contribution in [3.8, 4) is 0 Å². The molecule has 1 aromatic heterocycles. The Balaban J connectivity index is 1.50. The summed E-state index contributed by atoms with van der Waals surface area (Å²) < 4.78 is 5.26. The predicted molar refractivity (Wildman–Crippen MR) is 108 cm³/mol. The van der Waals surface area contributed by atoms with Gasteiger partial charge in [0.1, 0.15) is 6.04 Å². The molecule has 0 saturated carbocycles. The number of benzene rings is 1. The summed E-state index contributed by atoms with van der Waals surface area (Å²) in [6.07, 6.45) is 3.93. The molecule has 0 aliphatic carbocycles. The van der Waals surface area contributed by atoms with Gasteiger partial charge in [-0.15, -0.1) is 0 Å². The molecular weight excluding hydrogens is 386 g/mol. The van der Waals surface area contributed by atoms with Gasteiger partial charge in [-0.05, 0) is 5.56 Å². The third kappa shape index (κ3) is 5.84. The van der Waals surface area contributed by atoms with E-state index in [9.17, 15) is 14.4 Å². The lowest BCUT2D eigenvalue weighted by molar-refractivity contribution is -0.134. The average Bonchev–Trinajstić information content (AvgIpc) is 3.55. The van der Waals surface area contributed by atoms with Crippen molar-refractivity contribution >= 4 is 17.7 Å². The first kappa shape index (κ1) is 21.4. The van der Waals surface area contributed by atoms with Crippen LogP contribution in [0.3, 0.4) is 0 Å². The minimum atomic E-state index is -0.894. The number of epoxide rings is 1. The number of nitrogens with one attached hydrogen (secondary N) is 2. The fourth-order valence-electron chi connectivity index (χ4n) is 3.00. The molecule has 9 nitrogen and oxygen atoms in total. The number of ether oxygens (including phenoxy) is 1. The quantitative estimate of drug-likeness (QED) is 0.548. The van der Waals surface area contributed by atoms with Crippen LogP contribution in [-0.2, 0) is 32.0 Å². The number of carbonyl (C=O) groups is 3. The van der Waals surface area contributed by atoms with Gasteiger partial charge in [-0.25, -0.2) is 0 Å². The number of aromatic nitrogens is 2. The lowest BCUT2D eigenvalue weighted by Crippen LogP contribution is -2.49. The van der Waals surface area contributed by atoms with E-state index in [1.54, 1.807) is 32.7 Å². The van der Waals surface area contributed by atoms with Gasteiger partial charge < -0.3 is 20.3 Å². The van der Waals surface area contributed by atoms with Crippen LogP contribution in [0, 0.1) is 0 Å². The summed E-state index contributed by atoms with van der Waals surface area (Å²) in [5.41, 5.74) is 1.68. The maximum atomic E-state index is 12.5. The van der Waals surface area contributed by atoms with Crippen molar-refractivity contribution in [2.24, 2.45) is 0 Å². The molecule has 1 fully saturated rings. The normalized spacial score (nSPS) is 18.2. The van der Waals surface area contributed by atoms with Crippen molar-refractivity contribution in [3.63, 3.8) is 0 Å². The molecule has 1 aliphatic heterocycles. The maximum Gasteiger partial charge on any atom is 0.253 e. The summed E-state index contributed by atoms with van der Waals surface area (Å²) >= 11 is 0. The summed E-state index contributed by atoms with van der Waals surface area (Å²) in [6, 6.07) is 8.68. The van der Waals surface area contributed by atoms with Crippen LogP contribution in [0.5, 0.6) is 0 Å². The second-order valence-electron chi connectivity index (χ2n) is 7.20. The van der Waals surface area contributed by atoms with Crippen LogP contribution in [0.4, 0.5) is 0 Å². The van der Waals surface area contributed by atoms with Crippen molar-refractivity contribution in [2.75, 3.05) is 20.6 Å². The first-order chi connectivity index (χ1) is 14.5. The third-order valence-corrected chi connectivity index (χ3v) is 4.64. The van der Waals surface area contributed by atoms with Gasteiger partial charge in [0.05, 0.1) is 5.69 Å². The standard InChI is InChI=1S/C21H25N5O4/c1-26(2)21(29)16(12-14-6-4-3-5-7-14)25-20(28)18-17(30-18)19(27)24-9-8-15-13-22-10-11-23-15/h3-7,10-11,13,16-18H,8-9,12H2,1-2H3,(H,24,27)(H,25,28)/t16-,17-,18-/m0/s1. The van der Waals surface area contributed by atoms with Crippen molar-refractivity contribution in [1.29, 1.82) is 0 Å². The van der Waals surface area contributed by atoms with Crippen molar-refractivity contribution in [1.82, 2.24) is 25.5 Å². The second kappa shape index (κ2) is 9.93. The summed E-state index contributed by atoms with van der Waals surface area (Å²) in [7, 11) is 3.26. The molecule has 0 unspecified atom stereocenters. The number of hydrogen-bond acceptors (Lipinski definition) is 6. The molecule has 3 rings (SSSR count). The molecule has 3 amide bonds. The summed E-state index contributed by atoms with van der Waals surface area (Å²) in [5.74, 6) is -1.06. The largest absolute Gasteiger partial charge is 0.353 e. The third-order valence-electron chi connectivity index (χ3n) is 4.64. The summed E-state index contributed by atoms with van der Waals surface area (Å²) in [4.78, 5) is 46.8. The molecule has 1 aliphatic rings. The van der Waals surface area contributed by atoms with Crippen molar-refractivity contribution < 1.29 is 19.1 Å². The van der Waals surface area contributed by atoms with Crippen molar-refractivity contribution in [3.05, 3.63) is 60.2 Å². The molecule has 2 heterocycles. The Morgan fingerprint density at radius 1 is 1.10 bits per heavy atom. The molecule has 0 spiro atoms. The fraction of sp³-hybridized carbons (Fsp3) is 0.381. The zero-order chi connectivity index (χ0) is 21.5. The van der Waals surface area contributed by atoms with Crippen molar-refractivity contribution in [2.45, 2.75) is 31.1 Å². The Hall–Kier alpha value is -3.33. The van der Waals surface area contributed by atoms with Crippen LogP contribution in [0.2, 0.25) is 0 Å². The van der Waals surface area contributed by atoms with Gasteiger partial charge in [0.2, 0.25) is 5.91 Å². The van der Waals surface area contributed by atoms with Crippen LogP contribution in [-0.4, -0.2) is 71.5 Å². The van der Waals surface area contributed by atoms with E-state index in [0.29, 0.717) is 19.4 Å². The first-order valence-corrected chi connectivity index (χ1v) is 9.69. The molecule has 3 atom stereocenters. The maximum absolute atomic E-state index is 12.5. The monoisotopic (exact) mass is 411 g/mol. The second-order valence-corrected chi connectivity index (χ2v) is 7.20.